The van der Waals surface area contributed by atoms with Crippen molar-refractivity contribution >= 4 is 5.91 Å². The maximum absolute atomic E-state index is 14.3. The zero-order valence-corrected chi connectivity index (χ0v) is 16.1. The van der Waals surface area contributed by atoms with E-state index in [-0.39, 0.29) is 23.7 Å². The fourth-order valence-electron chi connectivity index (χ4n) is 3.16. The number of hydrogen-bond donors (Lipinski definition) is 1. The summed E-state index contributed by atoms with van der Waals surface area (Å²) >= 11 is 0. The van der Waals surface area contributed by atoms with Crippen LogP contribution in [-0.2, 0) is 17.8 Å². The lowest BCUT2D eigenvalue weighted by atomic mass is 9.97. The van der Waals surface area contributed by atoms with Crippen molar-refractivity contribution in [2.45, 2.75) is 66.0 Å². The van der Waals surface area contributed by atoms with Crippen molar-refractivity contribution in [1.82, 2.24) is 10.2 Å². The molecule has 0 aliphatic carbocycles. The summed E-state index contributed by atoms with van der Waals surface area (Å²) in [5, 5.41) is 3.02. The summed E-state index contributed by atoms with van der Waals surface area (Å²) in [5.41, 5.74) is 1.81. The number of carbonyl (C=O) groups excluding carboxylic acids is 1. The summed E-state index contributed by atoms with van der Waals surface area (Å²) in [7, 11) is 0. The predicted molar refractivity (Wildman–Crippen MR) is 101 cm³/mol. The molecule has 1 fully saturated rings. The molecule has 0 radical (unpaired) electrons. The lowest BCUT2D eigenvalue weighted by Gasteiger charge is -2.38. The second-order valence-corrected chi connectivity index (χ2v) is 7.92. The van der Waals surface area contributed by atoms with Crippen molar-refractivity contribution in [3.8, 4) is 0 Å². The maximum atomic E-state index is 14.3. The zero-order valence-electron chi connectivity index (χ0n) is 16.1. The van der Waals surface area contributed by atoms with E-state index in [1.165, 1.54) is 6.42 Å². The molecule has 0 aromatic heterocycles. The third-order valence-corrected chi connectivity index (χ3v) is 5.09. The number of benzene rings is 1. The topological polar surface area (TPSA) is 32.3 Å². The Morgan fingerprint density at radius 3 is 2.64 bits per heavy atom. The molecule has 3 nitrogen and oxygen atoms in total. The molecule has 1 saturated heterocycles. The molecule has 0 spiro atoms. The van der Waals surface area contributed by atoms with Crippen LogP contribution in [0.3, 0.4) is 0 Å². The minimum absolute atomic E-state index is 0.0485. The SMILES string of the molecule is CC[C@H](C)NC(=O)C1CN(Cc2ccc(CCCC(C)C)cc2F)C1. The van der Waals surface area contributed by atoms with Gasteiger partial charge in [0, 0.05) is 31.2 Å². The zero-order chi connectivity index (χ0) is 18.4. The average Bonchev–Trinajstić information content (AvgIpc) is 2.51. The number of hydrogen-bond acceptors (Lipinski definition) is 2. The highest BCUT2D eigenvalue weighted by molar-refractivity contribution is 5.80. The highest BCUT2D eigenvalue weighted by Crippen LogP contribution is 2.22. The molecule has 1 aliphatic rings. The van der Waals surface area contributed by atoms with Crippen LogP contribution in [0.1, 0.15) is 58.1 Å². The summed E-state index contributed by atoms with van der Waals surface area (Å²) in [5.74, 6) is 0.759. The third kappa shape index (κ3) is 6.10. The van der Waals surface area contributed by atoms with Gasteiger partial charge in [-0.3, -0.25) is 9.69 Å². The van der Waals surface area contributed by atoms with E-state index < -0.39 is 0 Å². The second-order valence-electron chi connectivity index (χ2n) is 7.92. The standard InChI is InChI=1S/C21H33FN2O/c1-5-16(4)23-21(25)19-13-24(14-19)12-18-10-9-17(11-20(18)22)8-6-7-15(2)3/h9-11,15-16,19H,5-8,12-14H2,1-4H3,(H,23,25)/t16-/m0/s1. The van der Waals surface area contributed by atoms with Gasteiger partial charge in [-0.15, -0.1) is 0 Å². The van der Waals surface area contributed by atoms with E-state index in [2.05, 4.69) is 31.0 Å². The number of amides is 1. The lowest BCUT2D eigenvalue weighted by molar-refractivity contribution is -0.131. The summed E-state index contributed by atoms with van der Waals surface area (Å²) in [6.45, 7) is 10.5. The largest absolute Gasteiger partial charge is 0.353 e. The van der Waals surface area contributed by atoms with Crippen LogP contribution in [0.2, 0.25) is 0 Å². The van der Waals surface area contributed by atoms with Gasteiger partial charge in [-0.05, 0) is 43.7 Å². The van der Waals surface area contributed by atoms with E-state index in [1.807, 2.05) is 19.1 Å². The van der Waals surface area contributed by atoms with Crippen molar-refractivity contribution in [3.63, 3.8) is 0 Å². The number of rotatable bonds is 9. The van der Waals surface area contributed by atoms with E-state index in [0.29, 0.717) is 12.5 Å². The Morgan fingerprint density at radius 2 is 2.04 bits per heavy atom. The summed E-state index contributed by atoms with van der Waals surface area (Å²) in [6, 6.07) is 5.86. The van der Waals surface area contributed by atoms with E-state index in [4.69, 9.17) is 0 Å². The van der Waals surface area contributed by atoms with Gasteiger partial charge >= 0.3 is 0 Å². The predicted octanol–water partition coefficient (Wildman–Crippen LogP) is 4.15. The van der Waals surface area contributed by atoms with Crippen LogP contribution in [0, 0.1) is 17.7 Å². The molecule has 1 aromatic rings. The Labute approximate surface area is 152 Å². The van der Waals surface area contributed by atoms with Crippen molar-refractivity contribution in [1.29, 1.82) is 0 Å². The summed E-state index contributed by atoms with van der Waals surface area (Å²) in [4.78, 5) is 14.2. The van der Waals surface area contributed by atoms with E-state index in [1.54, 1.807) is 6.07 Å². The van der Waals surface area contributed by atoms with E-state index in [0.717, 1.165) is 43.5 Å². The lowest BCUT2D eigenvalue weighted by Crippen LogP contribution is -2.54. The van der Waals surface area contributed by atoms with Gasteiger partial charge in [0.25, 0.3) is 0 Å². The molecular weight excluding hydrogens is 315 g/mol. The van der Waals surface area contributed by atoms with Crippen LogP contribution in [0.5, 0.6) is 0 Å². The first-order valence-corrected chi connectivity index (χ1v) is 9.69. The molecule has 2 rings (SSSR count). The minimum atomic E-state index is -0.116. The maximum Gasteiger partial charge on any atom is 0.225 e. The second kappa shape index (κ2) is 9.33. The van der Waals surface area contributed by atoms with Gasteiger partial charge in [-0.1, -0.05) is 39.3 Å². The fraction of sp³-hybridized carbons (Fsp3) is 0.667. The molecule has 1 atom stereocenters. The van der Waals surface area contributed by atoms with Crippen molar-refractivity contribution in [2.24, 2.45) is 11.8 Å². The number of likely N-dealkylation sites (tertiary alicyclic amines) is 1. The normalized spacial score (nSPS) is 16.7. The fourth-order valence-corrected chi connectivity index (χ4v) is 3.16. The quantitative estimate of drug-likeness (QED) is 0.727. The van der Waals surface area contributed by atoms with Gasteiger partial charge in [-0.2, -0.15) is 0 Å². The molecular formula is C21H33FN2O. The number of aryl methyl sites for hydroxylation is 1. The van der Waals surface area contributed by atoms with Crippen molar-refractivity contribution < 1.29 is 9.18 Å². The Balaban J connectivity index is 1.77. The first kappa shape index (κ1) is 19.9. The van der Waals surface area contributed by atoms with Gasteiger partial charge < -0.3 is 5.32 Å². The average molecular weight is 349 g/mol. The number of nitrogens with zero attached hydrogens (tertiary/aromatic N) is 1. The molecule has 1 heterocycles. The molecule has 1 aliphatic heterocycles. The van der Waals surface area contributed by atoms with Crippen LogP contribution in [0.4, 0.5) is 4.39 Å². The molecule has 1 N–H and O–H groups in total. The summed E-state index contributed by atoms with van der Waals surface area (Å²) in [6.07, 6.45) is 4.17. The van der Waals surface area contributed by atoms with Crippen molar-refractivity contribution in [2.75, 3.05) is 13.1 Å². The van der Waals surface area contributed by atoms with Crippen LogP contribution in [0.15, 0.2) is 18.2 Å². The molecule has 0 saturated carbocycles. The van der Waals surface area contributed by atoms with Gasteiger partial charge in [0.1, 0.15) is 5.82 Å². The Morgan fingerprint density at radius 1 is 1.32 bits per heavy atom. The molecule has 0 bridgehead atoms. The minimum Gasteiger partial charge on any atom is -0.353 e. The monoisotopic (exact) mass is 348 g/mol. The first-order valence-electron chi connectivity index (χ1n) is 9.69. The van der Waals surface area contributed by atoms with Crippen molar-refractivity contribution in [3.05, 3.63) is 35.1 Å². The Hall–Kier alpha value is -1.42. The molecule has 4 heteroatoms. The smallest absolute Gasteiger partial charge is 0.225 e. The Kier molecular flexibility index (Phi) is 7.42. The molecule has 0 unspecified atom stereocenters. The van der Waals surface area contributed by atoms with Gasteiger partial charge in [0.2, 0.25) is 5.91 Å². The van der Waals surface area contributed by atoms with Gasteiger partial charge in [0.05, 0.1) is 5.92 Å². The van der Waals surface area contributed by atoms with E-state index in [9.17, 15) is 9.18 Å². The number of nitrogens with one attached hydrogen (secondary N) is 1. The van der Waals surface area contributed by atoms with Gasteiger partial charge in [0.15, 0.2) is 0 Å². The highest BCUT2D eigenvalue weighted by atomic mass is 19.1. The molecule has 1 amide bonds. The van der Waals surface area contributed by atoms with Crippen LogP contribution in [-0.4, -0.2) is 29.9 Å². The van der Waals surface area contributed by atoms with Crippen LogP contribution < -0.4 is 5.32 Å². The van der Waals surface area contributed by atoms with Crippen LogP contribution in [0.25, 0.3) is 0 Å². The third-order valence-electron chi connectivity index (χ3n) is 5.09. The molecule has 140 valence electrons. The number of halogens is 1. The first-order chi connectivity index (χ1) is 11.9. The number of carbonyl (C=O) groups is 1. The molecule has 1 aromatic carbocycles. The van der Waals surface area contributed by atoms with E-state index >= 15 is 0 Å². The molecule has 25 heavy (non-hydrogen) atoms. The van der Waals surface area contributed by atoms with Gasteiger partial charge in [-0.25, -0.2) is 4.39 Å². The highest BCUT2D eigenvalue weighted by Gasteiger charge is 2.33. The summed E-state index contributed by atoms with van der Waals surface area (Å²) < 4.78 is 14.3. The van der Waals surface area contributed by atoms with Crippen LogP contribution >= 0.6 is 0 Å². The Bertz CT molecular complexity index is 567.